The number of ether oxygens (including phenoxy) is 1. The van der Waals surface area contributed by atoms with Crippen LogP contribution in [0.15, 0.2) is 12.3 Å². The van der Waals surface area contributed by atoms with Crippen LogP contribution >= 0.6 is 0 Å². The van der Waals surface area contributed by atoms with Gasteiger partial charge in [0.15, 0.2) is 0 Å². The number of hydrogen-bond acceptors (Lipinski definition) is 5. The molecule has 1 aromatic heterocycles. The molecule has 1 aliphatic rings. The summed E-state index contributed by atoms with van der Waals surface area (Å²) < 4.78 is 4.55. The fourth-order valence-corrected chi connectivity index (χ4v) is 2.02. The molecule has 0 aromatic carbocycles. The molecule has 1 atom stereocenters. The predicted molar refractivity (Wildman–Crippen MR) is 78.7 cm³/mol. The maximum atomic E-state index is 9.60. The quantitative estimate of drug-likeness (QED) is 0.840. The minimum Gasteiger partial charge on any atom is -0.462 e. The van der Waals surface area contributed by atoms with Crippen molar-refractivity contribution < 1.29 is 14.6 Å². The van der Waals surface area contributed by atoms with E-state index in [9.17, 15) is 9.90 Å². The number of anilines is 1. The van der Waals surface area contributed by atoms with Gasteiger partial charge in [0, 0.05) is 31.0 Å². The summed E-state index contributed by atoms with van der Waals surface area (Å²) in [6, 6.07) is 2.01. The minimum absolute atomic E-state index is 0.318. The second-order valence-corrected chi connectivity index (χ2v) is 5.87. The van der Waals surface area contributed by atoms with Gasteiger partial charge in [-0.15, -0.1) is 0 Å². The number of hydrogen-bond donors (Lipinski definition) is 1. The number of carbonyl (C=O) groups excluding carboxylic acids is 1. The Labute approximate surface area is 120 Å². The molecule has 0 saturated heterocycles. The Balaban J connectivity index is 0.000000246. The van der Waals surface area contributed by atoms with Crippen molar-refractivity contribution in [2.45, 2.75) is 45.8 Å². The number of aliphatic hydroxyl groups excluding tert-OH is 1. The standard InChI is InChI=1S/C10H14N2O.C5H10O2/c1-7(13)10-8-4-6-12(2)9(8)3-5-11-10;1-5(2,3)7-4-6/h3,5,7,13H,4,6H2,1-2H3;4H,1-3H3. The molecule has 5 nitrogen and oxygen atoms in total. The van der Waals surface area contributed by atoms with Gasteiger partial charge in [0.25, 0.3) is 6.47 Å². The van der Waals surface area contributed by atoms with E-state index >= 15 is 0 Å². The van der Waals surface area contributed by atoms with Crippen LogP contribution in [0.25, 0.3) is 0 Å². The summed E-state index contributed by atoms with van der Waals surface area (Å²) in [5, 5.41) is 9.49. The second-order valence-electron chi connectivity index (χ2n) is 5.87. The highest BCUT2D eigenvalue weighted by Gasteiger charge is 2.21. The van der Waals surface area contributed by atoms with Crippen molar-refractivity contribution in [3.05, 3.63) is 23.5 Å². The Kier molecular flexibility index (Phi) is 5.51. The zero-order valence-electron chi connectivity index (χ0n) is 12.9. The highest BCUT2D eigenvalue weighted by Crippen LogP contribution is 2.30. The van der Waals surface area contributed by atoms with E-state index in [0.29, 0.717) is 6.47 Å². The van der Waals surface area contributed by atoms with Gasteiger partial charge in [0.2, 0.25) is 0 Å². The SMILES string of the molecule is CC(C)(C)OC=O.CC(O)c1nccc2c1CCN2C. The number of fused-ring (bicyclic) bond motifs is 1. The Morgan fingerprint density at radius 2 is 2.15 bits per heavy atom. The second kappa shape index (κ2) is 6.70. The Hall–Kier alpha value is -1.62. The minimum atomic E-state index is -0.457. The van der Waals surface area contributed by atoms with Crippen LogP contribution in [0, 0.1) is 0 Å². The lowest BCUT2D eigenvalue weighted by Gasteiger charge is -2.14. The van der Waals surface area contributed by atoms with Gasteiger partial charge in [-0.2, -0.15) is 0 Å². The zero-order chi connectivity index (χ0) is 15.3. The molecule has 0 amide bonds. The normalized spacial score (nSPS) is 15.0. The Morgan fingerprint density at radius 1 is 1.50 bits per heavy atom. The van der Waals surface area contributed by atoms with Crippen molar-refractivity contribution in [1.82, 2.24) is 4.98 Å². The van der Waals surface area contributed by atoms with Crippen LogP contribution < -0.4 is 4.90 Å². The third-order valence-electron chi connectivity index (χ3n) is 2.97. The van der Waals surface area contributed by atoms with Gasteiger partial charge in [-0.05, 0) is 40.2 Å². The highest BCUT2D eigenvalue weighted by molar-refractivity contribution is 5.58. The van der Waals surface area contributed by atoms with Crippen molar-refractivity contribution in [1.29, 1.82) is 0 Å². The highest BCUT2D eigenvalue weighted by atomic mass is 16.5. The molecule has 20 heavy (non-hydrogen) atoms. The molecular weight excluding hydrogens is 256 g/mol. The molecule has 0 spiro atoms. The summed E-state index contributed by atoms with van der Waals surface area (Å²) in [7, 11) is 2.07. The van der Waals surface area contributed by atoms with Gasteiger partial charge in [0.1, 0.15) is 5.60 Å². The van der Waals surface area contributed by atoms with Crippen LogP contribution in [0.4, 0.5) is 5.69 Å². The molecule has 1 aliphatic heterocycles. The van der Waals surface area contributed by atoms with E-state index in [1.807, 2.05) is 26.8 Å². The average molecular weight is 280 g/mol. The Bertz CT molecular complexity index is 453. The predicted octanol–water partition coefficient (Wildman–Crippen LogP) is 2.09. The van der Waals surface area contributed by atoms with Gasteiger partial charge in [-0.3, -0.25) is 9.78 Å². The molecule has 0 fully saturated rings. The van der Waals surface area contributed by atoms with E-state index in [-0.39, 0.29) is 5.60 Å². The number of pyridine rings is 1. The number of carbonyl (C=O) groups is 1. The maximum Gasteiger partial charge on any atom is 0.293 e. The summed E-state index contributed by atoms with van der Waals surface area (Å²) in [6.45, 7) is 8.71. The third kappa shape index (κ3) is 4.49. The molecule has 0 saturated carbocycles. The molecule has 0 bridgehead atoms. The first-order valence-corrected chi connectivity index (χ1v) is 6.74. The number of likely N-dealkylation sites (N-methyl/N-ethyl adjacent to an activating group) is 1. The summed E-state index contributed by atoms with van der Waals surface area (Å²) in [5.74, 6) is 0. The number of aromatic nitrogens is 1. The molecular formula is C15H24N2O3. The first kappa shape index (κ1) is 16.4. The van der Waals surface area contributed by atoms with Gasteiger partial charge in [-0.25, -0.2) is 0 Å². The Morgan fingerprint density at radius 3 is 2.60 bits per heavy atom. The molecule has 5 heteroatoms. The molecule has 0 aliphatic carbocycles. The van der Waals surface area contributed by atoms with Crippen molar-refractivity contribution in [2.24, 2.45) is 0 Å². The van der Waals surface area contributed by atoms with Crippen LogP contribution in [0.2, 0.25) is 0 Å². The fraction of sp³-hybridized carbons (Fsp3) is 0.600. The largest absolute Gasteiger partial charge is 0.462 e. The van der Waals surface area contributed by atoms with E-state index in [4.69, 9.17) is 0 Å². The fourth-order valence-electron chi connectivity index (χ4n) is 2.02. The summed E-state index contributed by atoms with van der Waals surface area (Å²) >= 11 is 0. The third-order valence-corrected chi connectivity index (χ3v) is 2.97. The van der Waals surface area contributed by atoms with Crippen LogP contribution in [-0.2, 0) is 16.0 Å². The van der Waals surface area contributed by atoms with E-state index in [0.717, 1.165) is 18.7 Å². The van der Waals surface area contributed by atoms with E-state index in [1.165, 1.54) is 11.3 Å². The van der Waals surface area contributed by atoms with Crippen molar-refractivity contribution >= 4 is 12.2 Å². The number of nitrogens with zero attached hydrogens (tertiary/aromatic N) is 2. The summed E-state index contributed by atoms with van der Waals surface area (Å²) in [6.07, 6.45) is 2.31. The van der Waals surface area contributed by atoms with Crippen LogP contribution in [-0.4, -0.2) is 35.8 Å². The number of rotatable bonds is 2. The molecule has 0 radical (unpaired) electrons. The average Bonchev–Trinajstić information content (AvgIpc) is 2.70. The molecule has 112 valence electrons. The topological polar surface area (TPSA) is 62.7 Å². The lowest BCUT2D eigenvalue weighted by molar-refractivity contribution is -0.138. The molecule has 2 heterocycles. The molecule has 1 N–H and O–H groups in total. The molecule has 1 aromatic rings. The van der Waals surface area contributed by atoms with E-state index < -0.39 is 6.10 Å². The maximum absolute atomic E-state index is 9.60. The lowest BCUT2D eigenvalue weighted by Crippen LogP contribution is -2.17. The smallest absolute Gasteiger partial charge is 0.293 e. The van der Waals surface area contributed by atoms with Gasteiger partial charge in [0.05, 0.1) is 11.8 Å². The summed E-state index contributed by atoms with van der Waals surface area (Å²) in [5.41, 5.74) is 2.94. The van der Waals surface area contributed by atoms with Crippen LogP contribution in [0.5, 0.6) is 0 Å². The van der Waals surface area contributed by atoms with Gasteiger partial charge >= 0.3 is 0 Å². The van der Waals surface area contributed by atoms with E-state index in [2.05, 4.69) is 21.7 Å². The molecule has 1 unspecified atom stereocenters. The molecule has 2 rings (SSSR count). The first-order valence-electron chi connectivity index (χ1n) is 6.74. The van der Waals surface area contributed by atoms with Crippen LogP contribution in [0.3, 0.4) is 0 Å². The van der Waals surface area contributed by atoms with Crippen molar-refractivity contribution in [2.75, 3.05) is 18.5 Å². The van der Waals surface area contributed by atoms with Crippen molar-refractivity contribution in [3.63, 3.8) is 0 Å². The van der Waals surface area contributed by atoms with Crippen molar-refractivity contribution in [3.8, 4) is 0 Å². The van der Waals surface area contributed by atoms with Gasteiger partial charge in [-0.1, -0.05) is 0 Å². The van der Waals surface area contributed by atoms with Crippen LogP contribution in [0.1, 0.15) is 45.1 Å². The van der Waals surface area contributed by atoms with E-state index in [1.54, 1.807) is 13.1 Å². The number of aliphatic hydroxyl groups is 1. The zero-order valence-corrected chi connectivity index (χ0v) is 12.9. The first-order chi connectivity index (χ1) is 9.26. The summed E-state index contributed by atoms with van der Waals surface area (Å²) in [4.78, 5) is 16.0. The lowest BCUT2D eigenvalue weighted by atomic mass is 10.1. The van der Waals surface area contributed by atoms with Gasteiger partial charge < -0.3 is 14.7 Å². The monoisotopic (exact) mass is 280 g/mol.